The molecule has 0 saturated heterocycles. The molecule has 0 amide bonds. The summed E-state index contributed by atoms with van der Waals surface area (Å²) in [7, 11) is 0. The molecule has 0 radical (unpaired) electrons. The highest BCUT2D eigenvalue weighted by molar-refractivity contribution is 6.01. The van der Waals surface area contributed by atoms with Crippen molar-refractivity contribution in [1.29, 1.82) is 5.41 Å². The summed E-state index contributed by atoms with van der Waals surface area (Å²) in [4.78, 5) is 13.8. The Hall–Kier alpha value is -2.96. The first kappa shape index (κ1) is 13.5. The molecule has 0 atom stereocenters. The Balaban J connectivity index is 2.23. The highest BCUT2D eigenvalue weighted by atomic mass is 16.6. The van der Waals surface area contributed by atoms with Crippen molar-refractivity contribution in [3.05, 3.63) is 52.2 Å². The average molecular weight is 272 g/mol. The molecular formula is C13H12N4O3. The van der Waals surface area contributed by atoms with E-state index in [4.69, 9.17) is 15.9 Å². The first-order valence-corrected chi connectivity index (χ1v) is 5.70. The minimum absolute atomic E-state index is 0.106. The molecule has 0 aliphatic carbocycles. The molecule has 2 aromatic rings. The van der Waals surface area contributed by atoms with E-state index in [2.05, 4.69) is 4.98 Å². The second-order valence-electron chi connectivity index (χ2n) is 4.09. The van der Waals surface area contributed by atoms with Crippen LogP contribution in [0.3, 0.4) is 0 Å². The summed E-state index contributed by atoms with van der Waals surface area (Å²) in [6.45, 7) is 1.62. The fraction of sp³-hybridized carbons (Fsp3) is 0.0769. The molecule has 0 fully saturated rings. The average Bonchev–Trinajstić information content (AvgIpc) is 2.41. The Morgan fingerprint density at radius 3 is 2.70 bits per heavy atom. The van der Waals surface area contributed by atoms with Gasteiger partial charge in [-0.3, -0.25) is 10.1 Å². The molecule has 20 heavy (non-hydrogen) atoms. The zero-order valence-electron chi connectivity index (χ0n) is 10.7. The first-order valence-electron chi connectivity index (χ1n) is 5.70. The van der Waals surface area contributed by atoms with Crippen molar-refractivity contribution < 1.29 is 9.66 Å². The van der Waals surface area contributed by atoms with Crippen molar-refractivity contribution in [2.75, 3.05) is 5.73 Å². The molecule has 0 spiro atoms. The Labute approximate surface area is 114 Å². The second-order valence-corrected chi connectivity index (χ2v) is 4.09. The Morgan fingerprint density at radius 1 is 1.40 bits per heavy atom. The molecule has 0 aliphatic rings. The summed E-state index contributed by atoms with van der Waals surface area (Å²) >= 11 is 0. The van der Waals surface area contributed by atoms with Crippen LogP contribution in [0.5, 0.6) is 11.6 Å². The van der Waals surface area contributed by atoms with E-state index in [1.807, 2.05) is 0 Å². The third-order valence-electron chi connectivity index (χ3n) is 2.58. The smallest absolute Gasteiger partial charge is 0.287 e. The van der Waals surface area contributed by atoms with E-state index >= 15 is 0 Å². The van der Waals surface area contributed by atoms with Crippen LogP contribution in [-0.2, 0) is 0 Å². The number of nitro groups is 1. The predicted octanol–water partition coefficient (Wildman–Crippen LogP) is 2.75. The molecular weight excluding hydrogens is 260 g/mol. The van der Waals surface area contributed by atoms with Crippen LogP contribution < -0.4 is 10.5 Å². The fourth-order valence-corrected chi connectivity index (χ4v) is 1.59. The number of pyridine rings is 1. The van der Waals surface area contributed by atoms with E-state index in [-0.39, 0.29) is 11.6 Å². The number of nitrogens with one attached hydrogen (secondary N) is 1. The van der Waals surface area contributed by atoms with Crippen LogP contribution in [0.4, 0.5) is 11.4 Å². The van der Waals surface area contributed by atoms with Crippen LogP contribution in [0.1, 0.15) is 12.5 Å². The van der Waals surface area contributed by atoms with E-state index in [0.29, 0.717) is 22.7 Å². The lowest BCUT2D eigenvalue weighted by molar-refractivity contribution is -0.385. The van der Waals surface area contributed by atoms with Crippen LogP contribution in [0.15, 0.2) is 36.5 Å². The zero-order chi connectivity index (χ0) is 14.7. The van der Waals surface area contributed by atoms with Crippen molar-refractivity contribution >= 4 is 17.1 Å². The molecule has 3 N–H and O–H groups in total. The largest absolute Gasteiger partial charge is 0.439 e. The number of anilines is 1. The number of hydrogen-bond donors (Lipinski definition) is 2. The summed E-state index contributed by atoms with van der Waals surface area (Å²) < 4.78 is 5.47. The van der Waals surface area contributed by atoms with E-state index < -0.39 is 4.92 Å². The topological polar surface area (TPSA) is 115 Å². The highest BCUT2D eigenvalue weighted by Gasteiger charge is 2.08. The van der Waals surface area contributed by atoms with Crippen molar-refractivity contribution in [2.45, 2.75) is 6.92 Å². The summed E-state index contributed by atoms with van der Waals surface area (Å²) in [5.74, 6) is 0.691. The molecule has 0 bridgehead atoms. The zero-order valence-corrected chi connectivity index (χ0v) is 10.7. The van der Waals surface area contributed by atoms with Gasteiger partial charge in [-0.25, -0.2) is 4.98 Å². The maximum atomic E-state index is 10.5. The number of ether oxygens (including phenoxy) is 1. The lowest BCUT2D eigenvalue weighted by Gasteiger charge is -2.08. The monoisotopic (exact) mass is 272 g/mol. The Bertz CT molecular complexity index is 668. The Kier molecular flexibility index (Phi) is 3.60. The van der Waals surface area contributed by atoms with Gasteiger partial charge in [0.25, 0.3) is 5.69 Å². The van der Waals surface area contributed by atoms with Gasteiger partial charge >= 0.3 is 0 Å². The lowest BCUT2D eigenvalue weighted by Crippen LogP contribution is -2.00. The quantitative estimate of drug-likeness (QED) is 0.384. The highest BCUT2D eigenvalue weighted by Crippen LogP contribution is 2.25. The second kappa shape index (κ2) is 5.35. The maximum absolute atomic E-state index is 10.5. The van der Waals surface area contributed by atoms with Crippen molar-refractivity contribution in [3.8, 4) is 11.6 Å². The third kappa shape index (κ3) is 2.89. The number of nitrogens with two attached hydrogens (primary N) is 1. The molecule has 102 valence electrons. The van der Waals surface area contributed by atoms with Crippen LogP contribution in [0.2, 0.25) is 0 Å². The van der Waals surface area contributed by atoms with Gasteiger partial charge in [0.1, 0.15) is 11.9 Å². The molecule has 2 rings (SSSR count). The number of nitrogen functional groups attached to an aromatic ring is 1. The van der Waals surface area contributed by atoms with Crippen molar-refractivity contribution in [1.82, 2.24) is 4.98 Å². The van der Waals surface area contributed by atoms with Gasteiger partial charge in [-0.1, -0.05) is 0 Å². The van der Waals surface area contributed by atoms with Gasteiger partial charge in [0.05, 0.1) is 4.92 Å². The number of aromatic nitrogens is 1. The fourth-order valence-electron chi connectivity index (χ4n) is 1.59. The molecule has 1 heterocycles. The lowest BCUT2D eigenvalue weighted by atomic mass is 10.1. The minimum Gasteiger partial charge on any atom is -0.439 e. The molecule has 7 nitrogen and oxygen atoms in total. The van der Waals surface area contributed by atoms with Crippen molar-refractivity contribution in [2.24, 2.45) is 0 Å². The number of hydrogen-bond acceptors (Lipinski definition) is 6. The van der Waals surface area contributed by atoms with Crippen LogP contribution in [0.25, 0.3) is 0 Å². The molecule has 7 heteroatoms. The first-order chi connectivity index (χ1) is 9.47. The molecule has 0 aliphatic heterocycles. The SMILES string of the molecule is CC(=N)c1cc(Oc2ccc([N+](=O)[O-])cn2)ccc1N. The molecule has 1 aromatic heterocycles. The van der Waals surface area contributed by atoms with Gasteiger partial charge in [0.2, 0.25) is 5.88 Å². The summed E-state index contributed by atoms with van der Waals surface area (Å²) in [6, 6.07) is 7.62. The normalized spacial score (nSPS) is 10.1. The third-order valence-corrected chi connectivity index (χ3v) is 2.58. The molecule has 1 aromatic carbocycles. The number of nitrogens with zero attached hydrogens (tertiary/aromatic N) is 2. The van der Waals surface area contributed by atoms with Crippen LogP contribution in [0, 0.1) is 15.5 Å². The molecule has 0 unspecified atom stereocenters. The standard InChI is InChI=1S/C13H12N4O3/c1-8(14)11-6-10(3-4-12(11)15)20-13-5-2-9(7-16-13)17(18)19/h2-7,14H,15H2,1H3. The van der Waals surface area contributed by atoms with Gasteiger partial charge < -0.3 is 15.9 Å². The van der Waals surface area contributed by atoms with Gasteiger partial charge in [-0.05, 0) is 25.1 Å². The van der Waals surface area contributed by atoms with E-state index in [1.54, 1.807) is 25.1 Å². The van der Waals surface area contributed by atoms with E-state index in [9.17, 15) is 10.1 Å². The summed E-state index contributed by atoms with van der Waals surface area (Å²) in [5, 5.41) is 18.1. The molecule has 0 saturated carbocycles. The van der Waals surface area contributed by atoms with E-state index in [0.717, 1.165) is 6.20 Å². The number of benzene rings is 1. The van der Waals surface area contributed by atoms with Gasteiger partial charge in [-0.15, -0.1) is 0 Å². The van der Waals surface area contributed by atoms with Gasteiger partial charge in [-0.2, -0.15) is 0 Å². The Morgan fingerprint density at radius 2 is 2.15 bits per heavy atom. The summed E-state index contributed by atoms with van der Waals surface area (Å²) in [6.07, 6.45) is 1.12. The maximum Gasteiger partial charge on any atom is 0.287 e. The van der Waals surface area contributed by atoms with Crippen molar-refractivity contribution in [3.63, 3.8) is 0 Å². The van der Waals surface area contributed by atoms with Crippen LogP contribution in [-0.4, -0.2) is 15.6 Å². The number of rotatable bonds is 4. The van der Waals surface area contributed by atoms with Gasteiger partial charge in [0, 0.05) is 29.1 Å². The van der Waals surface area contributed by atoms with Crippen LogP contribution >= 0.6 is 0 Å². The minimum atomic E-state index is -0.531. The predicted molar refractivity (Wildman–Crippen MR) is 74.3 cm³/mol. The van der Waals surface area contributed by atoms with E-state index in [1.165, 1.54) is 12.1 Å². The van der Waals surface area contributed by atoms with Gasteiger partial charge in [0.15, 0.2) is 0 Å². The summed E-state index contributed by atoms with van der Waals surface area (Å²) in [5.41, 5.74) is 7.03.